The van der Waals surface area contributed by atoms with E-state index < -0.39 is 0 Å². The monoisotopic (exact) mass is 250 g/mol. The molecule has 2 heteroatoms. The van der Waals surface area contributed by atoms with Crippen LogP contribution in [0.2, 0.25) is 0 Å². The molecule has 0 aliphatic rings. The van der Waals surface area contributed by atoms with Crippen molar-refractivity contribution in [3.05, 3.63) is 46.8 Å². The van der Waals surface area contributed by atoms with E-state index in [1.54, 1.807) is 6.07 Å². The first-order valence-corrected chi connectivity index (χ1v) is 4.87. The first-order chi connectivity index (χ1) is 8.49. The molecule has 0 aliphatic carbocycles. The lowest BCUT2D eigenvalue weighted by Gasteiger charge is -1.91. The summed E-state index contributed by atoms with van der Waals surface area (Å²) in [7, 11) is 0. The third-order valence-electron chi connectivity index (χ3n) is 2.08. The molecule has 0 aliphatic heterocycles. The molecule has 0 unspecified atom stereocenters. The zero-order valence-electron chi connectivity index (χ0n) is 11.0. The molecule has 3 aromatic rings. The van der Waals surface area contributed by atoms with E-state index in [0.29, 0.717) is 26.4 Å². The summed E-state index contributed by atoms with van der Waals surface area (Å²) < 4.78 is 37.1. The normalized spacial score (nSPS) is 15.2. The van der Waals surface area contributed by atoms with E-state index in [2.05, 4.69) is 15.9 Å². The molecule has 1 heterocycles. The van der Waals surface area contributed by atoms with E-state index in [9.17, 15) is 0 Å². The van der Waals surface area contributed by atoms with Crippen molar-refractivity contribution in [2.75, 3.05) is 0 Å². The maximum atomic E-state index is 7.82. The van der Waals surface area contributed by atoms with Crippen LogP contribution in [-0.2, 0) is 0 Å². The van der Waals surface area contributed by atoms with Gasteiger partial charge in [0.2, 0.25) is 0 Å². The van der Waals surface area contributed by atoms with Crippen molar-refractivity contribution in [2.45, 2.75) is 0 Å². The Morgan fingerprint density at radius 3 is 2.93 bits per heavy atom. The quantitative estimate of drug-likeness (QED) is 0.579. The fraction of sp³-hybridized carbons (Fsp3) is 0. The van der Waals surface area contributed by atoms with Gasteiger partial charge < -0.3 is 4.42 Å². The van der Waals surface area contributed by atoms with Gasteiger partial charge >= 0.3 is 0 Å². The number of fused-ring (bicyclic) bond motifs is 3. The molecule has 0 spiro atoms. The van der Waals surface area contributed by atoms with E-state index in [0.717, 1.165) is 0 Å². The largest absolute Gasteiger partial charge is 0.456 e. The number of halogens is 1. The maximum Gasteiger partial charge on any atom is 0.136 e. The maximum absolute atomic E-state index is 7.82. The van der Waals surface area contributed by atoms with Crippen LogP contribution in [0.4, 0.5) is 0 Å². The van der Waals surface area contributed by atoms with Crippen molar-refractivity contribution in [3.8, 4) is 0 Å². The highest BCUT2D eigenvalue weighted by atomic mass is 79.9. The van der Waals surface area contributed by atoms with Crippen LogP contribution in [0.25, 0.3) is 21.9 Å². The second-order valence-electron chi connectivity index (χ2n) is 2.90. The fourth-order valence-electron chi connectivity index (χ4n) is 1.48. The third kappa shape index (κ3) is 1.01. The van der Waals surface area contributed by atoms with Gasteiger partial charge in [0.15, 0.2) is 0 Å². The van der Waals surface area contributed by atoms with Gasteiger partial charge in [-0.3, -0.25) is 0 Å². The molecule has 1 nitrogen and oxygen atoms in total. The lowest BCUT2D eigenvalue weighted by molar-refractivity contribution is 0.669. The smallest absolute Gasteiger partial charge is 0.136 e. The van der Waals surface area contributed by atoms with Crippen molar-refractivity contribution in [2.24, 2.45) is 0 Å². The van der Waals surface area contributed by atoms with Crippen molar-refractivity contribution in [1.29, 1.82) is 0 Å². The molecule has 1 aromatic heterocycles. The van der Waals surface area contributed by atoms with Crippen LogP contribution in [0.1, 0.15) is 5.48 Å². The molecule has 3 rings (SSSR count). The topological polar surface area (TPSA) is 13.1 Å². The van der Waals surface area contributed by atoms with Gasteiger partial charge in [0.25, 0.3) is 0 Å². The lowest BCUT2D eigenvalue weighted by Crippen LogP contribution is -1.67. The number of hydrogen-bond donors (Lipinski definition) is 0. The molecule has 68 valence electrons. The Bertz CT molecular complexity index is 794. The lowest BCUT2D eigenvalue weighted by atomic mass is 10.2. The Morgan fingerprint density at radius 1 is 1.14 bits per heavy atom. The summed E-state index contributed by atoms with van der Waals surface area (Å²) in [5, 5.41) is 1.18. The number of para-hydroxylation sites is 1. The minimum Gasteiger partial charge on any atom is -0.456 e. The number of benzene rings is 2. The van der Waals surface area contributed by atoms with Crippen LogP contribution >= 0.6 is 15.9 Å². The molecule has 14 heavy (non-hydrogen) atoms. The van der Waals surface area contributed by atoms with E-state index >= 15 is 0 Å². The molecule has 2 aromatic carbocycles. The molecular formula is C12H7BrO. The number of furan rings is 1. The number of rotatable bonds is 0. The minimum atomic E-state index is 0.111. The minimum absolute atomic E-state index is 0.111. The predicted octanol–water partition coefficient (Wildman–Crippen LogP) is 4.35. The number of hydrogen-bond acceptors (Lipinski definition) is 1. The van der Waals surface area contributed by atoms with Gasteiger partial charge in [-0.15, -0.1) is 0 Å². The third-order valence-corrected chi connectivity index (χ3v) is 2.71. The highest BCUT2D eigenvalue weighted by Gasteiger charge is 2.07. The zero-order chi connectivity index (χ0) is 13.0. The van der Waals surface area contributed by atoms with Gasteiger partial charge in [-0.25, -0.2) is 0 Å². The highest BCUT2D eigenvalue weighted by Crippen LogP contribution is 2.33. The summed E-state index contributed by atoms with van der Waals surface area (Å²) in [5.41, 5.74) is 0.688. The second kappa shape index (κ2) is 2.85. The standard InChI is InChI=1S/C12H7BrO/c13-9-5-3-7-11-12(9)8-4-1-2-6-10(8)14-11/h1-7H/i1D,5D,6D,7D. The van der Waals surface area contributed by atoms with Gasteiger partial charge in [0.1, 0.15) is 11.2 Å². The van der Waals surface area contributed by atoms with Gasteiger partial charge in [-0.1, -0.05) is 40.2 Å². The van der Waals surface area contributed by atoms with E-state index in [1.165, 1.54) is 12.1 Å². The Morgan fingerprint density at radius 2 is 2.00 bits per heavy atom. The van der Waals surface area contributed by atoms with Crippen molar-refractivity contribution < 1.29 is 9.90 Å². The summed E-state index contributed by atoms with van der Waals surface area (Å²) in [6.45, 7) is 0. The molecule has 0 N–H and O–H groups in total. The van der Waals surface area contributed by atoms with Crippen LogP contribution in [0, 0.1) is 0 Å². The zero-order valence-corrected chi connectivity index (χ0v) is 8.60. The summed E-state index contributed by atoms with van der Waals surface area (Å²) in [5.74, 6) is 0. The fourth-order valence-corrected chi connectivity index (χ4v) is 1.99. The summed E-state index contributed by atoms with van der Waals surface area (Å²) in [4.78, 5) is 0. The molecule has 0 atom stereocenters. The van der Waals surface area contributed by atoms with E-state index in [4.69, 9.17) is 9.90 Å². The molecular weight excluding hydrogens is 240 g/mol. The van der Waals surface area contributed by atoms with E-state index in [-0.39, 0.29) is 24.2 Å². The Kier molecular flexibility index (Phi) is 1.02. The molecule has 0 amide bonds. The van der Waals surface area contributed by atoms with Gasteiger partial charge in [0, 0.05) is 15.2 Å². The van der Waals surface area contributed by atoms with Crippen molar-refractivity contribution in [3.63, 3.8) is 0 Å². The summed E-state index contributed by atoms with van der Waals surface area (Å²) in [6.07, 6.45) is 0. The van der Waals surface area contributed by atoms with Gasteiger partial charge in [-0.2, -0.15) is 0 Å². The first kappa shape index (κ1) is 4.99. The molecule has 0 bridgehead atoms. The second-order valence-corrected chi connectivity index (χ2v) is 3.69. The summed E-state index contributed by atoms with van der Waals surface area (Å²) in [6, 6.07) is 5.00. The van der Waals surface area contributed by atoms with Crippen LogP contribution in [0.15, 0.2) is 51.3 Å². The van der Waals surface area contributed by atoms with Crippen LogP contribution in [0.3, 0.4) is 0 Å². The molecule has 0 saturated carbocycles. The average molecular weight is 251 g/mol. The Balaban J connectivity index is 2.65. The van der Waals surface area contributed by atoms with Gasteiger partial charge in [0.05, 0.1) is 5.48 Å². The van der Waals surface area contributed by atoms with E-state index in [1.807, 2.05) is 0 Å². The molecule has 0 fully saturated rings. The highest BCUT2D eigenvalue weighted by molar-refractivity contribution is 9.10. The molecule has 0 saturated heterocycles. The Labute approximate surface area is 95.1 Å². The van der Waals surface area contributed by atoms with Crippen molar-refractivity contribution in [1.82, 2.24) is 0 Å². The first-order valence-electron chi connectivity index (χ1n) is 6.08. The summed E-state index contributed by atoms with van der Waals surface area (Å²) >= 11 is 3.31. The Hall–Kier alpha value is -1.28. The SMILES string of the molecule is [2H]c1cc([2H])c2oc3c([2H])cc([2H])c(Br)c3c2c1. The van der Waals surface area contributed by atoms with Crippen LogP contribution in [-0.4, -0.2) is 0 Å². The predicted molar refractivity (Wildman–Crippen MR) is 61.4 cm³/mol. The van der Waals surface area contributed by atoms with Gasteiger partial charge in [-0.05, 0) is 18.1 Å². The van der Waals surface area contributed by atoms with Crippen molar-refractivity contribution >= 4 is 37.9 Å². The molecule has 0 radical (unpaired) electrons. The van der Waals surface area contributed by atoms with Crippen LogP contribution in [0.5, 0.6) is 0 Å². The average Bonchev–Trinajstić information content (AvgIpc) is 2.66. The van der Waals surface area contributed by atoms with Crippen LogP contribution < -0.4 is 0 Å².